The van der Waals surface area contributed by atoms with Crippen LogP contribution in [0.1, 0.15) is 31.1 Å². The SMILES string of the molecule is CC(Cl)c1nc2c(Cl)cccc2n1C(C)Cn1ccnc1. The number of para-hydroxylation sites is 1. The molecule has 0 bridgehead atoms. The van der Waals surface area contributed by atoms with Crippen molar-refractivity contribution in [1.82, 2.24) is 19.1 Å². The Balaban J connectivity index is 2.10. The van der Waals surface area contributed by atoms with E-state index in [1.54, 1.807) is 6.20 Å². The number of aromatic nitrogens is 4. The van der Waals surface area contributed by atoms with Gasteiger partial charge in [0, 0.05) is 18.9 Å². The van der Waals surface area contributed by atoms with Crippen LogP contribution < -0.4 is 0 Å². The highest BCUT2D eigenvalue weighted by atomic mass is 35.5. The fourth-order valence-electron chi connectivity index (χ4n) is 2.63. The van der Waals surface area contributed by atoms with E-state index in [4.69, 9.17) is 23.2 Å². The topological polar surface area (TPSA) is 35.6 Å². The van der Waals surface area contributed by atoms with Gasteiger partial charge in [-0.3, -0.25) is 0 Å². The molecule has 110 valence electrons. The van der Waals surface area contributed by atoms with Crippen LogP contribution in [-0.4, -0.2) is 19.1 Å². The number of alkyl halides is 1. The summed E-state index contributed by atoms with van der Waals surface area (Å²) >= 11 is 12.6. The van der Waals surface area contributed by atoms with Crippen molar-refractivity contribution in [3.05, 3.63) is 47.8 Å². The molecule has 0 aliphatic heterocycles. The Hall–Kier alpha value is -1.52. The van der Waals surface area contributed by atoms with Crippen molar-refractivity contribution in [2.75, 3.05) is 0 Å². The van der Waals surface area contributed by atoms with Gasteiger partial charge < -0.3 is 9.13 Å². The number of fused-ring (bicyclic) bond motifs is 1. The molecule has 2 atom stereocenters. The molecule has 21 heavy (non-hydrogen) atoms. The maximum Gasteiger partial charge on any atom is 0.128 e. The van der Waals surface area contributed by atoms with Crippen molar-refractivity contribution in [2.45, 2.75) is 31.8 Å². The molecule has 0 N–H and O–H groups in total. The quantitative estimate of drug-likeness (QED) is 0.665. The molecule has 0 saturated carbocycles. The van der Waals surface area contributed by atoms with E-state index in [0.717, 1.165) is 23.4 Å². The van der Waals surface area contributed by atoms with Gasteiger partial charge in [0.05, 0.1) is 28.3 Å². The second-order valence-corrected chi connectivity index (χ2v) is 6.23. The number of imidazole rings is 2. The molecule has 2 aromatic heterocycles. The number of benzene rings is 1. The molecule has 0 aliphatic carbocycles. The molecule has 2 unspecified atom stereocenters. The summed E-state index contributed by atoms with van der Waals surface area (Å²) in [5.41, 5.74) is 1.82. The summed E-state index contributed by atoms with van der Waals surface area (Å²) < 4.78 is 4.21. The van der Waals surface area contributed by atoms with Crippen molar-refractivity contribution in [3.63, 3.8) is 0 Å². The molecule has 0 fully saturated rings. The van der Waals surface area contributed by atoms with Crippen molar-refractivity contribution in [1.29, 1.82) is 0 Å². The largest absolute Gasteiger partial charge is 0.335 e. The van der Waals surface area contributed by atoms with E-state index in [2.05, 4.69) is 21.5 Å². The minimum absolute atomic E-state index is 0.182. The third-order valence-corrected chi connectivity index (χ3v) is 4.03. The van der Waals surface area contributed by atoms with E-state index >= 15 is 0 Å². The molecule has 2 heterocycles. The van der Waals surface area contributed by atoms with E-state index < -0.39 is 0 Å². The summed E-state index contributed by atoms with van der Waals surface area (Å²) in [7, 11) is 0. The molecular weight excluding hydrogens is 307 g/mol. The van der Waals surface area contributed by atoms with Crippen LogP contribution in [0.2, 0.25) is 5.02 Å². The van der Waals surface area contributed by atoms with Crippen LogP contribution in [0.3, 0.4) is 0 Å². The van der Waals surface area contributed by atoms with Gasteiger partial charge in [-0.25, -0.2) is 9.97 Å². The lowest BCUT2D eigenvalue weighted by Gasteiger charge is -2.19. The van der Waals surface area contributed by atoms with Crippen molar-refractivity contribution >= 4 is 34.2 Å². The lowest BCUT2D eigenvalue weighted by Crippen LogP contribution is -2.15. The molecule has 0 saturated heterocycles. The molecule has 4 nitrogen and oxygen atoms in total. The van der Waals surface area contributed by atoms with Crippen LogP contribution in [0.25, 0.3) is 11.0 Å². The fraction of sp³-hybridized carbons (Fsp3) is 0.333. The van der Waals surface area contributed by atoms with E-state index in [-0.39, 0.29) is 11.4 Å². The Labute approximate surface area is 133 Å². The van der Waals surface area contributed by atoms with Crippen LogP contribution in [0, 0.1) is 0 Å². The Morgan fingerprint density at radius 2 is 2.10 bits per heavy atom. The lowest BCUT2D eigenvalue weighted by atomic mass is 10.2. The zero-order valence-electron chi connectivity index (χ0n) is 11.9. The normalized spacial score (nSPS) is 14.5. The first-order valence-electron chi connectivity index (χ1n) is 6.84. The smallest absolute Gasteiger partial charge is 0.128 e. The zero-order chi connectivity index (χ0) is 15.0. The van der Waals surface area contributed by atoms with Gasteiger partial charge in [0.15, 0.2) is 0 Å². The third-order valence-electron chi connectivity index (χ3n) is 3.53. The van der Waals surface area contributed by atoms with Gasteiger partial charge in [-0.15, -0.1) is 11.6 Å². The Bertz CT molecular complexity index is 746. The monoisotopic (exact) mass is 322 g/mol. The first kappa shape index (κ1) is 14.4. The minimum Gasteiger partial charge on any atom is -0.335 e. The summed E-state index contributed by atoms with van der Waals surface area (Å²) in [5, 5.41) is 0.471. The summed E-state index contributed by atoms with van der Waals surface area (Å²) in [5.74, 6) is 0.840. The van der Waals surface area contributed by atoms with Crippen LogP contribution >= 0.6 is 23.2 Å². The highest BCUT2D eigenvalue weighted by Gasteiger charge is 2.20. The Morgan fingerprint density at radius 3 is 2.76 bits per heavy atom. The van der Waals surface area contributed by atoms with Gasteiger partial charge in [0.1, 0.15) is 11.3 Å². The predicted octanol–water partition coefficient (Wildman–Crippen LogP) is 4.45. The van der Waals surface area contributed by atoms with Crippen LogP contribution in [0.5, 0.6) is 0 Å². The van der Waals surface area contributed by atoms with Crippen molar-refractivity contribution in [2.24, 2.45) is 0 Å². The third kappa shape index (κ3) is 2.65. The number of halogens is 2. The number of rotatable bonds is 4. The number of nitrogens with zero attached hydrogens (tertiary/aromatic N) is 4. The fourth-order valence-corrected chi connectivity index (χ4v) is 2.99. The van der Waals surface area contributed by atoms with Crippen LogP contribution in [0.4, 0.5) is 0 Å². The molecule has 0 radical (unpaired) electrons. The molecule has 0 aliphatic rings. The lowest BCUT2D eigenvalue weighted by molar-refractivity contribution is 0.460. The van der Waals surface area contributed by atoms with Crippen LogP contribution in [0.15, 0.2) is 36.9 Å². The molecule has 1 aromatic carbocycles. The highest BCUT2D eigenvalue weighted by Crippen LogP contribution is 2.31. The maximum absolute atomic E-state index is 6.31. The van der Waals surface area contributed by atoms with E-state index in [1.165, 1.54) is 0 Å². The zero-order valence-corrected chi connectivity index (χ0v) is 13.4. The summed E-state index contributed by atoms with van der Waals surface area (Å²) in [6.07, 6.45) is 5.54. The number of hydrogen-bond donors (Lipinski definition) is 0. The van der Waals surface area contributed by atoms with Gasteiger partial charge >= 0.3 is 0 Å². The molecule has 0 amide bonds. The maximum atomic E-state index is 6.31. The van der Waals surface area contributed by atoms with E-state index in [1.807, 2.05) is 42.2 Å². The average Bonchev–Trinajstić information content (AvgIpc) is 3.05. The van der Waals surface area contributed by atoms with E-state index in [9.17, 15) is 0 Å². The van der Waals surface area contributed by atoms with Gasteiger partial charge in [0.25, 0.3) is 0 Å². The van der Waals surface area contributed by atoms with Gasteiger partial charge in [-0.2, -0.15) is 0 Å². The van der Waals surface area contributed by atoms with Crippen molar-refractivity contribution < 1.29 is 0 Å². The molecule has 3 aromatic rings. The summed E-state index contributed by atoms with van der Waals surface area (Å²) in [4.78, 5) is 8.72. The highest BCUT2D eigenvalue weighted by molar-refractivity contribution is 6.35. The van der Waals surface area contributed by atoms with Gasteiger partial charge in [0.2, 0.25) is 0 Å². The summed E-state index contributed by atoms with van der Waals surface area (Å²) in [6, 6.07) is 6.01. The Morgan fingerprint density at radius 1 is 1.29 bits per heavy atom. The van der Waals surface area contributed by atoms with Crippen molar-refractivity contribution in [3.8, 4) is 0 Å². The minimum atomic E-state index is -0.182. The summed E-state index contributed by atoms with van der Waals surface area (Å²) in [6.45, 7) is 4.87. The predicted molar refractivity (Wildman–Crippen MR) is 85.9 cm³/mol. The first-order valence-corrected chi connectivity index (χ1v) is 7.65. The molecule has 3 rings (SSSR count). The van der Waals surface area contributed by atoms with Gasteiger partial charge in [-0.05, 0) is 26.0 Å². The molecule has 0 spiro atoms. The average molecular weight is 323 g/mol. The first-order chi connectivity index (χ1) is 10.1. The van der Waals surface area contributed by atoms with Crippen LogP contribution in [-0.2, 0) is 6.54 Å². The Kier molecular flexibility index (Phi) is 3.91. The second-order valence-electron chi connectivity index (χ2n) is 5.17. The molecule has 6 heteroatoms. The molecular formula is C15H16Cl2N4. The standard InChI is InChI=1S/C15H16Cl2N4/c1-10(8-20-7-6-18-9-20)21-13-5-3-4-12(17)14(13)19-15(21)11(2)16/h3-7,9-11H,8H2,1-2H3. The van der Waals surface area contributed by atoms with E-state index in [0.29, 0.717) is 5.02 Å². The number of hydrogen-bond acceptors (Lipinski definition) is 2. The second kappa shape index (κ2) is 5.70. The van der Waals surface area contributed by atoms with Gasteiger partial charge in [-0.1, -0.05) is 17.7 Å².